The van der Waals surface area contributed by atoms with Crippen molar-refractivity contribution in [2.75, 3.05) is 40.1 Å². The van der Waals surface area contributed by atoms with Crippen molar-refractivity contribution in [3.05, 3.63) is 29.3 Å². The molecule has 0 saturated carbocycles. The molecule has 0 radical (unpaired) electrons. The summed E-state index contributed by atoms with van der Waals surface area (Å²) < 4.78 is 21.4. The molecule has 0 bridgehead atoms. The molecule has 0 aromatic heterocycles. The number of hydrogen-bond donors (Lipinski definition) is 1. The molecule has 5 nitrogen and oxygen atoms in total. The Labute approximate surface area is 126 Å². The average Bonchev–Trinajstić information content (AvgIpc) is 2.47. The van der Waals surface area contributed by atoms with E-state index in [1.54, 1.807) is 14.0 Å². The van der Waals surface area contributed by atoms with Crippen LogP contribution in [0.4, 0.5) is 0 Å². The van der Waals surface area contributed by atoms with Crippen LogP contribution in [0.5, 0.6) is 5.75 Å². The zero-order valence-corrected chi connectivity index (χ0v) is 13.1. The summed E-state index contributed by atoms with van der Waals surface area (Å²) in [7, 11) is 1.64. The third kappa shape index (κ3) is 6.91. The fourth-order valence-corrected chi connectivity index (χ4v) is 1.81. The highest BCUT2D eigenvalue weighted by Gasteiger charge is 2.08. The summed E-state index contributed by atoms with van der Waals surface area (Å²) in [4.78, 5) is 0. The molecule has 1 rings (SSSR count). The van der Waals surface area contributed by atoms with Crippen LogP contribution in [0.1, 0.15) is 31.1 Å². The van der Waals surface area contributed by atoms with Crippen LogP contribution in [0, 0.1) is 0 Å². The fraction of sp³-hybridized carbons (Fsp3) is 0.625. The molecule has 0 aliphatic carbocycles. The monoisotopic (exact) mass is 298 g/mol. The van der Waals surface area contributed by atoms with Crippen LogP contribution in [0.2, 0.25) is 0 Å². The summed E-state index contributed by atoms with van der Waals surface area (Å²) in [5.74, 6) is 0.794. The number of rotatable bonds is 11. The number of aliphatic hydroxyl groups is 1. The summed E-state index contributed by atoms with van der Waals surface area (Å²) >= 11 is 0. The number of benzene rings is 1. The highest BCUT2D eigenvalue weighted by Crippen LogP contribution is 2.24. The van der Waals surface area contributed by atoms with Crippen LogP contribution in [0.15, 0.2) is 18.2 Å². The van der Waals surface area contributed by atoms with E-state index in [1.807, 2.05) is 25.1 Å². The van der Waals surface area contributed by atoms with Crippen molar-refractivity contribution in [3.8, 4) is 5.75 Å². The lowest BCUT2D eigenvalue weighted by Gasteiger charge is -2.14. The van der Waals surface area contributed by atoms with Gasteiger partial charge in [-0.3, -0.25) is 0 Å². The molecule has 1 atom stereocenters. The topological polar surface area (TPSA) is 57.2 Å². The number of methoxy groups -OCH3 is 1. The van der Waals surface area contributed by atoms with Gasteiger partial charge in [0.15, 0.2) is 0 Å². The molecule has 1 aromatic carbocycles. The van der Waals surface area contributed by atoms with Crippen LogP contribution in [-0.2, 0) is 20.8 Å². The van der Waals surface area contributed by atoms with E-state index in [2.05, 4.69) is 0 Å². The van der Waals surface area contributed by atoms with E-state index in [9.17, 15) is 5.11 Å². The molecule has 0 aliphatic rings. The zero-order chi connectivity index (χ0) is 15.5. The molecule has 0 fully saturated rings. The van der Waals surface area contributed by atoms with Gasteiger partial charge < -0.3 is 24.1 Å². The second kappa shape index (κ2) is 10.6. The maximum absolute atomic E-state index is 9.65. The van der Waals surface area contributed by atoms with Gasteiger partial charge in [0.05, 0.1) is 45.7 Å². The van der Waals surface area contributed by atoms with Crippen molar-refractivity contribution in [1.82, 2.24) is 0 Å². The first-order valence-electron chi connectivity index (χ1n) is 7.27. The number of hydrogen-bond acceptors (Lipinski definition) is 5. The number of ether oxygens (including phenoxy) is 4. The summed E-state index contributed by atoms with van der Waals surface area (Å²) in [6.07, 6.45) is -0.503. The van der Waals surface area contributed by atoms with Crippen molar-refractivity contribution < 1.29 is 24.1 Å². The molecule has 1 N–H and O–H groups in total. The minimum absolute atomic E-state index is 0.434. The minimum Gasteiger partial charge on any atom is -0.494 e. The van der Waals surface area contributed by atoms with Crippen LogP contribution >= 0.6 is 0 Å². The summed E-state index contributed by atoms with van der Waals surface area (Å²) in [5, 5.41) is 9.65. The highest BCUT2D eigenvalue weighted by molar-refractivity contribution is 5.37. The third-order valence-corrected chi connectivity index (χ3v) is 2.93. The zero-order valence-electron chi connectivity index (χ0n) is 13.1. The van der Waals surface area contributed by atoms with Crippen molar-refractivity contribution in [2.24, 2.45) is 0 Å². The summed E-state index contributed by atoms with van der Waals surface area (Å²) in [6, 6.07) is 5.66. The van der Waals surface area contributed by atoms with E-state index in [0.29, 0.717) is 39.6 Å². The largest absolute Gasteiger partial charge is 0.494 e. The van der Waals surface area contributed by atoms with Crippen LogP contribution in [0.3, 0.4) is 0 Å². The van der Waals surface area contributed by atoms with Crippen LogP contribution in [-0.4, -0.2) is 45.3 Å². The van der Waals surface area contributed by atoms with Gasteiger partial charge in [0.1, 0.15) is 5.75 Å². The van der Waals surface area contributed by atoms with Gasteiger partial charge in [0.2, 0.25) is 0 Å². The van der Waals surface area contributed by atoms with E-state index >= 15 is 0 Å². The molecule has 0 aliphatic heterocycles. The quantitative estimate of drug-likeness (QED) is 0.635. The smallest absolute Gasteiger partial charge is 0.124 e. The van der Waals surface area contributed by atoms with Gasteiger partial charge in [-0.25, -0.2) is 0 Å². The lowest BCUT2D eigenvalue weighted by molar-refractivity contribution is 0.0194. The molecule has 1 aromatic rings. The van der Waals surface area contributed by atoms with Gasteiger partial charge in [0, 0.05) is 12.7 Å². The van der Waals surface area contributed by atoms with E-state index < -0.39 is 6.10 Å². The molecule has 0 heterocycles. The fourth-order valence-electron chi connectivity index (χ4n) is 1.81. The van der Waals surface area contributed by atoms with E-state index in [-0.39, 0.29) is 0 Å². The van der Waals surface area contributed by atoms with Crippen molar-refractivity contribution >= 4 is 0 Å². The lowest BCUT2D eigenvalue weighted by Crippen LogP contribution is -2.09. The Morgan fingerprint density at radius 2 is 1.81 bits per heavy atom. The van der Waals surface area contributed by atoms with Gasteiger partial charge >= 0.3 is 0 Å². The first kappa shape index (κ1) is 17.9. The van der Waals surface area contributed by atoms with Gasteiger partial charge in [0.25, 0.3) is 0 Å². The SMILES string of the molecule is CCOc1ccc(C(C)O)cc1COCCOCCOC. The molecule has 120 valence electrons. The van der Waals surface area contributed by atoms with Crippen LogP contribution in [0.25, 0.3) is 0 Å². The van der Waals surface area contributed by atoms with Gasteiger partial charge in [-0.1, -0.05) is 6.07 Å². The second-order valence-corrected chi connectivity index (χ2v) is 4.63. The molecule has 0 spiro atoms. The van der Waals surface area contributed by atoms with Crippen LogP contribution < -0.4 is 4.74 Å². The normalized spacial score (nSPS) is 12.4. The molecule has 21 heavy (non-hydrogen) atoms. The van der Waals surface area contributed by atoms with Crippen molar-refractivity contribution in [3.63, 3.8) is 0 Å². The summed E-state index contributed by atoms with van der Waals surface area (Å²) in [6.45, 7) is 6.91. The molecule has 0 saturated heterocycles. The Morgan fingerprint density at radius 3 is 2.48 bits per heavy atom. The summed E-state index contributed by atoms with van der Waals surface area (Å²) in [5.41, 5.74) is 1.79. The van der Waals surface area contributed by atoms with Gasteiger partial charge in [-0.2, -0.15) is 0 Å². The first-order chi connectivity index (χ1) is 10.2. The lowest BCUT2D eigenvalue weighted by atomic mass is 10.1. The van der Waals surface area contributed by atoms with E-state index in [1.165, 1.54) is 0 Å². The molecular formula is C16H26O5. The van der Waals surface area contributed by atoms with Crippen molar-refractivity contribution in [1.29, 1.82) is 0 Å². The maximum Gasteiger partial charge on any atom is 0.124 e. The Balaban J connectivity index is 2.45. The highest BCUT2D eigenvalue weighted by atomic mass is 16.5. The Morgan fingerprint density at radius 1 is 1.10 bits per heavy atom. The Kier molecular flexibility index (Phi) is 9.01. The maximum atomic E-state index is 9.65. The predicted octanol–water partition coefficient (Wildman–Crippen LogP) is 2.32. The van der Waals surface area contributed by atoms with Gasteiger partial charge in [-0.05, 0) is 31.5 Å². The van der Waals surface area contributed by atoms with E-state index in [4.69, 9.17) is 18.9 Å². The molecular weight excluding hydrogens is 272 g/mol. The molecule has 5 heteroatoms. The molecule has 1 unspecified atom stereocenters. The van der Waals surface area contributed by atoms with E-state index in [0.717, 1.165) is 16.9 Å². The second-order valence-electron chi connectivity index (χ2n) is 4.63. The first-order valence-corrected chi connectivity index (χ1v) is 7.27. The molecule has 0 amide bonds. The number of aliphatic hydroxyl groups excluding tert-OH is 1. The third-order valence-electron chi connectivity index (χ3n) is 2.93. The minimum atomic E-state index is -0.503. The standard InChI is InChI=1S/C16H26O5/c1-4-21-16-6-5-14(13(2)17)11-15(16)12-20-10-9-19-8-7-18-3/h5-6,11,13,17H,4,7-10,12H2,1-3H3. The van der Waals surface area contributed by atoms with Gasteiger partial charge in [-0.15, -0.1) is 0 Å². The van der Waals surface area contributed by atoms with Crippen molar-refractivity contribution in [2.45, 2.75) is 26.6 Å². The predicted molar refractivity (Wildman–Crippen MR) is 80.6 cm³/mol. The Hall–Kier alpha value is -1.14. The average molecular weight is 298 g/mol. The Bertz CT molecular complexity index is 392.